The van der Waals surface area contributed by atoms with Crippen LogP contribution in [0.15, 0.2) is 35.9 Å². The van der Waals surface area contributed by atoms with Gasteiger partial charge in [0.2, 0.25) is 0 Å². The van der Waals surface area contributed by atoms with Crippen LogP contribution < -0.4 is 0 Å². The standard InChI is InChI=1S/C13H13FO/c14-12-5-1-3-10(8-12)7-11-4-2-6-13(15)9-11/h1,3,5,8-9H,2,4,6-7H2. The summed E-state index contributed by atoms with van der Waals surface area (Å²) >= 11 is 0. The maximum Gasteiger partial charge on any atom is 0.155 e. The smallest absolute Gasteiger partial charge is 0.155 e. The van der Waals surface area contributed by atoms with Crippen LogP contribution in [0.5, 0.6) is 0 Å². The SMILES string of the molecule is O=C1C=C(Cc2cccc(F)c2)CCC1. The molecule has 0 aromatic heterocycles. The molecule has 15 heavy (non-hydrogen) atoms. The van der Waals surface area contributed by atoms with E-state index in [-0.39, 0.29) is 11.6 Å². The molecule has 0 spiro atoms. The Labute approximate surface area is 88.6 Å². The first-order valence-electron chi connectivity index (χ1n) is 5.21. The van der Waals surface area contributed by atoms with Gasteiger partial charge < -0.3 is 0 Å². The van der Waals surface area contributed by atoms with Gasteiger partial charge in [-0.25, -0.2) is 4.39 Å². The van der Waals surface area contributed by atoms with Crippen molar-refractivity contribution in [3.63, 3.8) is 0 Å². The predicted octanol–water partition coefficient (Wildman–Crippen LogP) is 3.05. The third kappa shape index (κ3) is 2.75. The van der Waals surface area contributed by atoms with Gasteiger partial charge in [-0.2, -0.15) is 0 Å². The van der Waals surface area contributed by atoms with Crippen molar-refractivity contribution in [3.05, 3.63) is 47.3 Å². The first kappa shape index (κ1) is 10.1. The van der Waals surface area contributed by atoms with Crippen molar-refractivity contribution >= 4 is 5.78 Å². The van der Waals surface area contributed by atoms with E-state index in [0.29, 0.717) is 12.8 Å². The molecule has 0 saturated heterocycles. The summed E-state index contributed by atoms with van der Waals surface area (Å²) in [6, 6.07) is 6.56. The van der Waals surface area contributed by atoms with Gasteiger partial charge >= 0.3 is 0 Å². The summed E-state index contributed by atoms with van der Waals surface area (Å²) in [5.74, 6) is -0.0112. The lowest BCUT2D eigenvalue weighted by Gasteiger charge is -2.11. The molecule has 0 aliphatic heterocycles. The van der Waals surface area contributed by atoms with Crippen molar-refractivity contribution < 1.29 is 9.18 Å². The zero-order valence-corrected chi connectivity index (χ0v) is 8.50. The number of carbonyl (C=O) groups is 1. The molecule has 0 bridgehead atoms. The summed E-state index contributed by atoms with van der Waals surface area (Å²) < 4.78 is 12.9. The molecule has 2 rings (SSSR count). The van der Waals surface area contributed by atoms with Crippen LogP contribution in [-0.4, -0.2) is 5.78 Å². The number of hydrogen-bond acceptors (Lipinski definition) is 1. The summed E-state index contributed by atoms with van der Waals surface area (Å²) in [7, 11) is 0. The van der Waals surface area contributed by atoms with E-state index < -0.39 is 0 Å². The lowest BCUT2D eigenvalue weighted by Crippen LogP contribution is -2.04. The molecule has 0 saturated carbocycles. The molecule has 0 fully saturated rings. The second-order valence-corrected chi connectivity index (χ2v) is 3.93. The summed E-state index contributed by atoms with van der Waals surface area (Å²) in [5, 5.41) is 0. The molecule has 1 nitrogen and oxygen atoms in total. The van der Waals surface area contributed by atoms with Crippen molar-refractivity contribution in [3.8, 4) is 0 Å². The third-order valence-corrected chi connectivity index (χ3v) is 2.61. The highest BCUT2D eigenvalue weighted by molar-refractivity contribution is 5.91. The van der Waals surface area contributed by atoms with E-state index in [2.05, 4.69) is 0 Å². The Morgan fingerprint density at radius 1 is 1.27 bits per heavy atom. The van der Waals surface area contributed by atoms with Gasteiger partial charge in [-0.05, 0) is 43.0 Å². The zero-order chi connectivity index (χ0) is 10.7. The molecular weight excluding hydrogens is 191 g/mol. The van der Waals surface area contributed by atoms with E-state index in [1.165, 1.54) is 12.1 Å². The van der Waals surface area contributed by atoms with E-state index in [4.69, 9.17) is 0 Å². The van der Waals surface area contributed by atoms with Crippen molar-refractivity contribution in [2.24, 2.45) is 0 Å². The lowest BCUT2D eigenvalue weighted by molar-refractivity contribution is -0.115. The van der Waals surface area contributed by atoms with Gasteiger partial charge in [0, 0.05) is 6.42 Å². The Bertz CT molecular complexity index is 407. The fourth-order valence-corrected chi connectivity index (χ4v) is 1.91. The molecule has 0 N–H and O–H groups in total. The molecule has 1 aromatic rings. The number of halogens is 1. The van der Waals surface area contributed by atoms with Gasteiger partial charge in [-0.1, -0.05) is 17.7 Å². The fraction of sp³-hybridized carbons (Fsp3) is 0.308. The van der Waals surface area contributed by atoms with E-state index in [9.17, 15) is 9.18 Å². The minimum atomic E-state index is -0.213. The second-order valence-electron chi connectivity index (χ2n) is 3.93. The Morgan fingerprint density at radius 2 is 2.13 bits per heavy atom. The van der Waals surface area contributed by atoms with E-state index >= 15 is 0 Å². The average Bonchev–Trinajstić information content (AvgIpc) is 2.17. The van der Waals surface area contributed by atoms with Crippen LogP contribution in [0.3, 0.4) is 0 Å². The highest BCUT2D eigenvalue weighted by Gasteiger charge is 2.10. The minimum absolute atomic E-state index is 0.202. The molecule has 0 atom stereocenters. The van der Waals surface area contributed by atoms with Crippen molar-refractivity contribution in [1.82, 2.24) is 0 Å². The average molecular weight is 204 g/mol. The Kier molecular flexibility index (Phi) is 2.95. The van der Waals surface area contributed by atoms with Crippen LogP contribution in [0.4, 0.5) is 4.39 Å². The van der Waals surface area contributed by atoms with Crippen LogP contribution in [0, 0.1) is 5.82 Å². The van der Waals surface area contributed by atoms with Crippen molar-refractivity contribution in [2.75, 3.05) is 0 Å². The summed E-state index contributed by atoms with van der Waals surface area (Å²) in [6.45, 7) is 0. The Morgan fingerprint density at radius 3 is 2.87 bits per heavy atom. The Hall–Kier alpha value is -1.44. The maximum atomic E-state index is 12.9. The number of hydrogen-bond donors (Lipinski definition) is 0. The number of rotatable bonds is 2. The van der Waals surface area contributed by atoms with Gasteiger partial charge in [0.15, 0.2) is 5.78 Å². The van der Waals surface area contributed by atoms with E-state index in [1.807, 2.05) is 6.07 Å². The van der Waals surface area contributed by atoms with E-state index in [0.717, 1.165) is 24.0 Å². The molecule has 1 aromatic carbocycles. The van der Waals surface area contributed by atoms with Gasteiger partial charge in [-0.15, -0.1) is 0 Å². The number of allylic oxidation sites excluding steroid dienone is 2. The fourth-order valence-electron chi connectivity index (χ4n) is 1.91. The van der Waals surface area contributed by atoms with Crippen LogP contribution >= 0.6 is 0 Å². The second kappa shape index (κ2) is 4.39. The van der Waals surface area contributed by atoms with Crippen LogP contribution in [-0.2, 0) is 11.2 Å². The van der Waals surface area contributed by atoms with Gasteiger partial charge in [0.05, 0.1) is 0 Å². The highest BCUT2D eigenvalue weighted by Crippen LogP contribution is 2.19. The van der Waals surface area contributed by atoms with Crippen LogP contribution in [0.1, 0.15) is 24.8 Å². The van der Waals surface area contributed by atoms with Crippen molar-refractivity contribution in [2.45, 2.75) is 25.7 Å². The quantitative estimate of drug-likeness (QED) is 0.723. The molecule has 78 valence electrons. The monoisotopic (exact) mass is 204 g/mol. The van der Waals surface area contributed by atoms with Crippen LogP contribution in [0.2, 0.25) is 0 Å². The topological polar surface area (TPSA) is 17.1 Å². The number of benzene rings is 1. The Balaban J connectivity index is 2.11. The molecule has 0 unspecified atom stereocenters. The summed E-state index contributed by atoms with van der Waals surface area (Å²) in [5.41, 5.74) is 2.06. The van der Waals surface area contributed by atoms with Gasteiger partial charge in [0.1, 0.15) is 5.82 Å². The minimum Gasteiger partial charge on any atom is -0.295 e. The van der Waals surface area contributed by atoms with Crippen LogP contribution in [0.25, 0.3) is 0 Å². The molecular formula is C13H13FO. The predicted molar refractivity (Wildman–Crippen MR) is 57.0 cm³/mol. The summed E-state index contributed by atoms with van der Waals surface area (Å²) in [4.78, 5) is 11.2. The highest BCUT2D eigenvalue weighted by atomic mass is 19.1. The molecule has 0 amide bonds. The normalized spacial score (nSPS) is 16.3. The lowest BCUT2D eigenvalue weighted by atomic mass is 9.93. The van der Waals surface area contributed by atoms with Gasteiger partial charge in [0.25, 0.3) is 0 Å². The summed E-state index contributed by atoms with van der Waals surface area (Å²) in [6.07, 6.45) is 4.97. The maximum absolute atomic E-state index is 12.9. The first-order valence-corrected chi connectivity index (χ1v) is 5.21. The van der Waals surface area contributed by atoms with E-state index in [1.54, 1.807) is 12.1 Å². The van der Waals surface area contributed by atoms with Crippen molar-refractivity contribution in [1.29, 1.82) is 0 Å². The number of carbonyl (C=O) groups excluding carboxylic acids is 1. The van der Waals surface area contributed by atoms with Gasteiger partial charge in [-0.3, -0.25) is 4.79 Å². The number of ketones is 1. The largest absolute Gasteiger partial charge is 0.295 e. The zero-order valence-electron chi connectivity index (χ0n) is 8.50. The molecule has 1 aliphatic rings. The first-order chi connectivity index (χ1) is 7.24. The molecule has 2 heteroatoms. The molecule has 0 radical (unpaired) electrons. The molecule has 0 heterocycles. The third-order valence-electron chi connectivity index (χ3n) is 2.61. The molecule has 1 aliphatic carbocycles.